The summed E-state index contributed by atoms with van der Waals surface area (Å²) >= 11 is 9.03. The number of fused-ring (bicyclic) bond motifs is 1. The SMILES string of the molecule is Cc1c(S)cc2cc(S)cc(C(C)C)c2c1C. The highest BCUT2D eigenvalue weighted by Crippen LogP contribution is 2.34. The molecule has 0 saturated heterocycles. The van der Waals surface area contributed by atoms with Gasteiger partial charge in [0, 0.05) is 9.79 Å². The zero-order valence-electron chi connectivity index (χ0n) is 10.7. The number of hydrogen-bond donors (Lipinski definition) is 2. The number of thiol groups is 2. The molecule has 0 aromatic heterocycles. The molecule has 0 unspecified atom stereocenters. The largest absolute Gasteiger partial charge is 0.143 e. The minimum Gasteiger partial charge on any atom is -0.143 e. The van der Waals surface area contributed by atoms with Crippen molar-refractivity contribution in [1.82, 2.24) is 0 Å². The van der Waals surface area contributed by atoms with Crippen LogP contribution >= 0.6 is 25.3 Å². The van der Waals surface area contributed by atoms with E-state index in [1.54, 1.807) is 0 Å². The van der Waals surface area contributed by atoms with Crippen LogP contribution in [0.1, 0.15) is 36.5 Å². The predicted molar refractivity (Wildman–Crippen MR) is 82.0 cm³/mol. The Hall–Kier alpha value is -0.600. The molecule has 0 bridgehead atoms. The first-order valence-corrected chi connectivity index (χ1v) is 6.77. The smallest absolute Gasteiger partial charge is 0.00782 e. The zero-order chi connectivity index (χ0) is 12.7. The van der Waals surface area contributed by atoms with Gasteiger partial charge in [-0.25, -0.2) is 0 Å². The second-order valence-corrected chi connectivity index (χ2v) is 5.93. The molecule has 2 heteroatoms. The number of rotatable bonds is 1. The summed E-state index contributed by atoms with van der Waals surface area (Å²) < 4.78 is 0. The van der Waals surface area contributed by atoms with Crippen LogP contribution in [0.4, 0.5) is 0 Å². The monoisotopic (exact) mass is 262 g/mol. The molecule has 2 rings (SSSR count). The maximum Gasteiger partial charge on any atom is 0.00782 e. The second-order valence-electron chi connectivity index (χ2n) is 4.93. The first kappa shape index (κ1) is 12.8. The molecule has 0 amide bonds. The van der Waals surface area contributed by atoms with Crippen LogP contribution in [0.15, 0.2) is 28.0 Å². The molecule has 0 N–H and O–H groups in total. The lowest BCUT2D eigenvalue weighted by Crippen LogP contribution is -1.95. The van der Waals surface area contributed by atoms with Crippen LogP contribution in [0.2, 0.25) is 0 Å². The van der Waals surface area contributed by atoms with E-state index in [-0.39, 0.29) is 0 Å². The maximum absolute atomic E-state index is 4.54. The van der Waals surface area contributed by atoms with E-state index in [4.69, 9.17) is 0 Å². The molecule has 0 saturated carbocycles. The average Bonchev–Trinajstić information content (AvgIpc) is 2.24. The van der Waals surface area contributed by atoms with E-state index in [1.807, 2.05) is 0 Å². The van der Waals surface area contributed by atoms with Crippen molar-refractivity contribution in [3.8, 4) is 0 Å². The maximum atomic E-state index is 4.54. The molecule has 2 aromatic carbocycles. The molecule has 0 nitrogen and oxygen atoms in total. The molecule has 0 aliphatic carbocycles. The number of benzene rings is 2. The summed E-state index contributed by atoms with van der Waals surface area (Å²) in [6.07, 6.45) is 0. The van der Waals surface area contributed by atoms with Crippen molar-refractivity contribution in [3.63, 3.8) is 0 Å². The first-order chi connectivity index (χ1) is 7.91. The molecule has 0 aliphatic heterocycles. The molecule has 0 spiro atoms. The number of hydrogen-bond acceptors (Lipinski definition) is 2. The molecule has 0 radical (unpaired) electrons. The highest BCUT2D eigenvalue weighted by Gasteiger charge is 2.12. The van der Waals surface area contributed by atoms with E-state index < -0.39 is 0 Å². The van der Waals surface area contributed by atoms with E-state index in [2.05, 4.69) is 71.2 Å². The van der Waals surface area contributed by atoms with Gasteiger partial charge >= 0.3 is 0 Å². The van der Waals surface area contributed by atoms with Gasteiger partial charge in [-0.05, 0) is 65.4 Å². The molecular weight excluding hydrogens is 244 g/mol. The number of aryl methyl sites for hydroxylation is 1. The Kier molecular flexibility index (Phi) is 3.46. The summed E-state index contributed by atoms with van der Waals surface area (Å²) in [6, 6.07) is 6.45. The Bertz CT molecular complexity index is 583. The quantitative estimate of drug-likeness (QED) is 0.652. The highest BCUT2D eigenvalue weighted by molar-refractivity contribution is 7.80. The van der Waals surface area contributed by atoms with Crippen LogP contribution in [0.5, 0.6) is 0 Å². The highest BCUT2D eigenvalue weighted by atomic mass is 32.1. The lowest BCUT2D eigenvalue weighted by molar-refractivity contribution is 0.871. The predicted octanol–water partition coefficient (Wildman–Crippen LogP) is 5.16. The summed E-state index contributed by atoms with van der Waals surface area (Å²) in [6.45, 7) is 8.77. The first-order valence-electron chi connectivity index (χ1n) is 5.87. The van der Waals surface area contributed by atoms with Gasteiger partial charge in [-0.2, -0.15) is 0 Å². The Morgan fingerprint density at radius 1 is 0.941 bits per heavy atom. The van der Waals surface area contributed by atoms with Crippen LogP contribution in [-0.2, 0) is 0 Å². The standard InChI is InChI=1S/C15H18S2/c1-8(2)13-7-12(16)5-11-6-14(17)9(3)10(4)15(11)13/h5-8,16-17H,1-4H3. The fourth-order valence-electron chi connectivity index (χ4n) is 2.31. The molecule has 0 aliphatic rings. The van der Waals surface area contributed by atoms with Crippen molar-refractivity contribution in [2.45, 2.75) is 43.4 Å². The van der Waals surface area contributed by atoms with E-state index in [9.17, 15) is 0 Å². The van der Waals surface area contributed by atoms with Gasteiger partial charge in [0.25, 0.3) is 0 Å². The normalized spacial score (nSPS) is 11.5. The molecule has 0 atom stereocenters. The lowest BCUT2D eigenvalue weighted by Gasteiger charge is -2.16. The zero-order valence-corrected chi connectivity index (χ0v) is 12.5. The van der Waals surface area contributed by atoms with Crippen molar-refractivity contribution in [3.05, 3.63) is 34.9 Å². The van der Waals surface area contributed by atoms with Gasteiger partial charge in [0.1, 0.15) is 0 Å². The van der Waals surface area contributed by atoms with Gasteiger partial charge in [-0.15, -0.1) is 25.3 Å². The van der Waals surface area contributed by atoms with Crippen LogP contribution < -0.4 is 0 Å². The van der Waals surface area contributed by atoms with Gasteiger partial charge in [0.15, 0.2) is 0 Å². The third-order valence-electron chi connectivity index (χ3n) is 3.42. The van der Waals surface area contributed by atoms with Crippen molar-refractivity contribution in [2.75, 3.05) is 0 Å². The van der Waals surface area contributed by atoms with Crippen molar-refractivity contribution >= 4 is 36.0 Å². The molecule has 90 valence electrons. The Labute approximate surface area is 114 Å². The third kappa shape index (κ3) is 2.21. The summed E-state index contributed by atoms with van der Waals surface area (Å²) in [7, 11) is 0. The summed E-state index contributed by atoms with van der Waals surface area (Å²) in [4.78, 5) is 2.08. The van der Waals surface area contributed by atoms with E-state index in [0.717, 1.165) is 9.79 Å². The minimum atomic E-state index is 0.508. The molecule has 2 aromatic rings. The van der Waals surface area contributed by atoms with Crippen molar-refractivity contribution < 1.29 is 0 Å². The molecule has 17 heavy (non-hydrogen) atoms. The fourth-order valence-corrected chi connectivity index (χ4v) is 2.89. The van der Waals surface area contributed by atoms with Crippen LogP contribution in [0.3, 0.4) is 0 Å². The van der Waals surface area contributed by atoms with Gasteiger partial charge in [0.05, 0.1) is 0 Å². The fraction of sp³-hybridized carbons (Fsp3) is 0.333. The van der Waals surface area contributed by atoms with Gasteiger partial charge in [-0.3, -0.25) is 0 Å². The topological polar surface area (TPSA) is 0 Å². The lowest BCUT2D eigenvalue weighted by atomic mass is 9.91. The van der Waals surface area contributed by atoms with Crippen LogP contribution in [0.25, 0.3) is 10.8 Å². The van der Waals surface area contributed by atoms with Gasteiger partial charge in [0.2, 0.25) is 0 Å². The van der Waals surface area contributed by atoms with Crippen molar-refractivity contribution in [2.24, 2.45) is 0 Å². The second kappa shape index (κ2) is 4.58. The average molecular weight is 262 g/mol. The summed E-state index contributed by atoms with van der Waals surface area (Å²) in [5.74, 6) is 0.508. The van der Waals surface area contributed by atoms with Gasteiger partial charge < -0.3 is 0 Å². The van der Waals surface area contributed by atoms with Gasteiger partial charge in [-0.1, -0.05) is 13.8 Å². The third-order valence-corrected chi connectivity index (χ3v) is 4.14. The van der Waals surface area contributed by atoms with E-state index in [1.165, 1.54) is 27.5 Å². The molecule has 0 fully saturated rings. The van der Waals surface area contributed by atoms with Crippen molar-refractivity contribution in [1.29, 1.82) is 0 Å². The molecule has 0 heterocycles. The Morgan fingerprint density at radius 3 is 2.18 bits per heavy atom. The molecular formula is C15H18S2. The van der Waals surface area contributed by atoms with E-state index in [0.29, 0.717) is 5.92 Å². The summed E-state index contributed by atoms with van der Waals surface area (Å²) in [5, 5.41) is 2.61. The van der Waals surface area contributed by atoms with Crippen LogP contribution in [-0.4, -0.2) is 0 Å². The Morgan fingerprint density at radius 2 is 1.59 bits per heavy atom. The summed E-state index contributed by atoms with van der Waals surface area (Å²) in [5.41, 5.74) is 3.99. The van der Waals surface area contributed by atoms with Crippen LogP contribution in [0, 0.1) is 13.8 Å². The Balaban J connectivity index is 2.96. The minimum absolute atomic E-state index is 0.508. The van der Waals surface area contributed by atoms with E-state index >= 15 is 0 Å².